The van der Waals surface area contributed by atoms with Crippen molar-refractivity contribution in [2.45, 2.75) is 13.1 Å². The number of aliphatic imine (C=N–C) groups is 1. The fourth-order valence-electron chi connectivity index (χ4n) is 2.56. The minimum atomic E-state index is -4.65. The second kappa shape index (κ2) is 7.78. The van der Waals surface area contributed by atoms with Gasteiger partial charge in [-0.05, 0) is 25.1 Å². The monoisotopic (exact) mass is 406 g/mol. The summed E-state index contributed by atoms with van der Waals surface area (Å²) in [4.78, 5) is 18.9. The lowest BCUT2D eigenvalue weighted by molar-refractivity contribution is -0.141. The van der Waals surface area contributed by atoms with Gasteiger partial charge in [0.1, 0.15) is 23.7 Å². The van der Waals surface area contributed by atoms with Crippen LogP contribution in [0.15, 0.2) is 41.8 Å². The highest BCUT2D eigenvalue weighted by Gasteiger charge is 2.33. The van der Waals surface area contributed by atoms with Crippen LogP contribution in [-0.4, -0.2) is 32.7 Å². The van der Waals surface area contributed by atoms with Gasteiger partial charge in [0.15, 0.2) is 5.69 Å². The van der Waals surface area contributed by atoms with Crippen LogP contribution in [0.2, 0.25) is 0 Å². The third-order valence-electron chi connectivity index (χ3n) is 3.86. The highest BCUT2D eigenvalue weighted by Crippen LogP contribution is 2.29. The highest BCUT2D eigenvalue weighted by atomic mass is 19.4. The van der Waals surface area contributed by atoms with Crippen LogP contribution in [0.1, 0.15) is 22.5 Å². The van der Waals surface area contributed by atoms with E-state index in [-0.39, 0.29) is 22.8 Å². The maximum Gasteiger partial charge on any atom is 0.433 e. The van der Waals surface area contributed by atoms with Gasteiger partial charge in [0.25, 0.3) is 0 Å². The van der Waals surface area contributed by atoms with E-state index >= 15 is 0 Å². The number of halogens is 4. The molecule has 2 aromatic heterocycles. The number of nitrogens with two attached hydrogens (primary N) is 1. The van der Waals surface area contributed by atoms with E-state index in [4.69, 9.17) is 10.5 Å². The van der Waals surface area contributed by atoms with Crippen molar-refractivity contribution in [1.82, 2.24) is 19.9 Å². The fraction of sp³-hybridized carbons (Fsp3) is 0.167. The molecule has 150 valence electrons. The molecule has 0 spiro atoms. The number of aryl methyl sites for hydroxylation is 1. The van der Waals surface area contributed by atoms with Crippen molar-refractivity contribution >= 4 is 11.5 Å². The first-order valence-corrected chi connectivity index (χ1v) is 8.13. The van der Waals surface area contributed by atoms with Gasteiger partial charge in [-0.15, -0.1) is 0 Å². The Hall–Kier alpha value is -3.63. The summed E-state index contributed by atoms with van der Waals surface area (Å²) in [7, 11) is 1.46. The van der Waals surface area contributed by atoms with Crippen LogP contribution in [0.3, 0.4) is 0 Å². The Labute approximate surface area is 162 Å². The number of rotatable bonds is 4. The van der Waals surface area contributed by atoms with Crippen molar-refractivity contribution < 1.29 is 22.3 Å². The predicted octanol–water partition coefficient (Wildman–Crippen LogP) is 3.57. The molecule has 0 aliphatic carbocycles. The van der Waals surface area contributed by atoms with Gasteiger partial charge in [-0.1, -0.05) is 0 Å². The third-order valence-corrected chi connectivity index (χ3v) is 3.86. The normalized spacial score (nSPS) is 12.1. The van der Waals surface area contributed by atoms with Gasteiger partial charge in [-0.2, -0.15) is 18.2 Å². The van der Waals surface area contributed by atoms with Gasteiger partial charge in [0, 0.05) is 24.9 Å². The average molecular weight is 406 g/mol. The average Bonchev–Trinajstić information content (AvgIpc) is 2.65. The molecule has 2 N–H and O–H groups in total. The molecular formula is C18H14F4N6O. The van der Waals surface area contributed by atoms with Gasteiger partial charge < -0.3 is 10.5 Å². The van der Waals surface area contributed by atoms with E-state index in [9.17, 15) is 17.6 Å². The van der Waals surface area contributed by atoms with E-state index in [0.717, 1.165) is 12.3 Å². The Kier molecular flexibility index (Phi) is 5.39. The minimum Gasteiger partial charge on any atom is -0.424 e. The van der Waals surface area contributed by atoms with Crippen molar-refractivity contribution in [2.75, 3.05) is 12.8 Å². The number of nitrogen functional groups attached to an aromatic ring is 1. The Morgan fingerprint density at radius 1 is 1.14 bits per heavy atom. The molecule has 1 aromatic carbocycles. The first-order chi connectivity index (χ1) is 13.7. The molecule has 0 fully saturated rings. The number of nitrogens with zero attached hydrogens (tertiary/aromatic N) is 5. The molecule has 0 bridgehead atoms. The maximum atomic E-state index is 14.7. The van der Waals surface area contributed by atoms with E-state index in [1.165, 1.54) is 25.5 Å². The van der Waals surface area contributed by atoms with Gasteiger partial charge in [-0.25, -0.2) is 19.3 Å². The third kappa shape index (κ3) is 4.28. The van der Waals surface area contributed by atoms with Crippen LogP contribution >= 0.6 is 0 Å². The fourth-order valence-corrected chi connectivity index (χ4v) is 2.56. The number of alkyl halides is 3. The molecule has 0 amide bonds. The number of anilines is 1. The standard InChI is InChI=1S/C18H14F4N6O/c1-9-14(16(23)27-8-26-9)15(24-2)11-4-3-10(7-12(11)19)29-17-25-6-5-13(28-17)18(20,21)22/h3-8H,1-2H3,(H2,23,26,27)/b24-15-. The number of hydrogen-bond donors (Lipinski definition) is 1. The number of ether oxygens (including phenoxy) is 1. The van der Waals surface area contributed by atoms with Crippen molar-refractivity contribution in [3.63, 3.8) is 0 Å². The van der Waals surface area contributed by atoms with Crippen LogP contribution in [-0.2, 0) is 6.18 Å². The summed E-state index contributed by atoms with van der Waals surface area (Å²) < 4.78 is 58.1. The van der Waals surface area contributed by atoms with E-state index in [1.807, 2.05) is 0 Å². The molecule has 29 heavy (non-hydrogen) atoms. The first kappa shape index (κ1) is 20.1. The van der Waals surface area contributed by atoms with E-state index in [2.05, 4.69) is 24.9 Å². The van der Waals surface area contributed by atoms with Gasteiger partial charge in [0.05, 0.1) is 17.0 Å². The number of benzene rings is 1. The molecule has 0 unspecified atom stereocenters. The summed E-state index contributed by atoms with van der Waals surface area (Å²) >= 11 is 0. The minimum absolute atomic E-state index is 0.0879. The second-order valence-corrected chi connectivity index (χ2v) is 5.76. The van der Waals surface area contributed by atoms with Crippen LogP contribution in [0.5, 0.6) is 11.8 Å². The first-order valence-electron chi connectivity index (χ1n) is 8.13. The molecule has 0 radical (unpaired) electrons. The van der Waals surface area contributed by atoms with E-state index < -0.39 is 23.7 Å². The molecule has 7 nitrogen and oxygen atoms in total. The highest BCUT2D eigenvalue weighted by molar-refractivity contribution is 6.16. The molecule has 0 aliphatic rings. The SMILES string of the molecule is C/N=C(/c1ccc(Oc2nccc(C(F)(F)F)n2)cc1F)c1c(C)ncnc1N. The van der Waals surface area contributed by atoms with Crippen LogP contribution in [0, 0.1) is 12.7 Å². The Morgan fingerprint density at radius 3 is 2.52 bits per heavy atom. The quantitative estimate of drug-likeness (QED) is 0.525. The molecule has 0 saturated heterocycles. The lowest BCUT2D eigenvalue weighted by atomic mass is 10.0. The second-order valence-electron chi connectivity index (χ2n) is 5.76. The molecule has 3 rings (SSSR count). The Morgan fingerprint density at radius 2 is 1.90 bits per heavy atom. The summed E-state index contributed by atoms with van der Waals surface area (Å²) in [6, 6.07) is 3.83. The van der Waals surface area contributed by atoms with Crippen molar-refractivity contribution in [1.29, 1.82) is 0 Å². The largest absolute Gasteiger partial charge is 0.433 e. The zero-order valence-corrected chi connectivity index (χ0v) is 15.2. The lowest BCUT2D eigenvalue weighted by Crippen LogP contribution is -2.13. The summed E-state index contributed by atoms with van der Waals surface area (Å²) in [6.45, 7) is 1.68. The van der Waals surface area contributed by atoms with Crippen LogP contribution < -0.4 is 10.5 Å². The topological polar surface area (TPSA) is 99.2 Å². The Bertz CT molecular complexity index is 1060. The molecule has 0 atom stereocenters. The number of aromatic nitrogens is 4. The lowest BCUT2D eigenvalue weighted by Gasteiger charge is -2.13. The molecular weight excluding hydrogens is 392 g/mol. The van der Waals surface area contributed by atoms with Crippen LogP contribution in [0.4, 0.5) is 23.4 Å². The predicted molar refractivity (Wildman–Crippen MR) is 96.3 cm³/mol. The van der Waals surface area contributed by atoms with Gasteiger partial charge in [0.2, 0.25) is 0 Å². The molecule has 3 aromatic rings. The number of hydrogen-bond acceptors (Lipinski definition) is 7. The molecule has 0 aliphatic heterocycles. The molecule has 0 saturated carbocycles. The van der Waals surface area contributed by atoms with Crippen LogP contribution in [0.25, 0.3) is 0 Å². The van der Waals surface area contributed by atoms with Crippen molar-refractivity contribution in [3.8, 4) is 11.8 Å². The smallest absolute Gasteiger partial charge is 0.424 e. The van der Waals surface area contributed by atoms with E-state index in [1.54, 1.807) is 6.92 Å². The Balaban J connectivity index is 1.93. The summed E-state index contributed by atoms with van der Waals surface area (Å²) in [5.74, 6) is -0.692. The zero-order valence-electron chi connectivity index (χ0n) is 15.2. The van der Waals surface area contributed by atoms with Gasteiger partial charge in [-0.3, -0.25) is 4.99 Å². The summed E-state index contributed by atoms with van der Waals surface area (Å²) in [5.41, 5.74) is 5.91. The molecule has 2 heterocycles. The summed E-state index contributed by atoms with van der Waals surface area (Å²) in [6.07, 6.45) is -2.47. The van der Waals surface area contributed by atoms with Gasteiger partial charge >= 0.3 is 12.2 Å². The van der Waals surface area contributed by atoms with E-state index in [0.29, 0.717) is 17.3 Å². The van der Waals surface area contributed by atoms with Crippen molar-refractivity contribution in [2.24, 2.45) is 4.99 Å². The molecule has 11 heteroatoms. The maximum absolute atomic E-state index is 14.7. The summed E-state index contributed by atoms with van der Waals surface area (Å²) in [5, 5.41) is 0. The van der Waals surface area contributed by atoms with Crippen molar-refractivity contribution in [3.05, 3.63) is 65.1 Å². The zero-order chi connectivity index (χ0) is 21.2.